The van der Waals surface area contributed by atoms with Crippen molar-refractivity contribution in [3.63, 3.8) is 0 Å². The zero-order valence-corrected chi connectivity index (χ0v) is 17.7. The fourth-order valence-electron chi connectivity index (χ4n) is 4.69. The second kappa shape index (κ2) is 7.79. The maximum Gasteiger partial charge on any atom is 0.274 e. The molecule has 1 aromatic carbocycles. The molecule has 30 heavy (non-hydrogen) atoms. The fraction of sp³-hybridized carbons (Fsp3) is 0.524. The SMILES string of the molecule is O=C(c1nn(C2CCCNCC2)c2c1CS(=O)(=O)c1ccccc1-2)N1CCOCC1. The maximum atomic E-state index is 13.3. The molecule has 2 saturated heterocycles. The van der Waals surface area contributed by atoms with Crippen molar-refractivity contribution in [2.75, 3.05) is 39.4 Å². The van der Waals surface area contributed by atoms with Gasteiger partial charge in [0, 0.05) is 24.2 Å². The van der Waals surface area contributed by atoms with Gasteiger partial charge in [0.1, 0.15) is 0 Å². The number of hydrogen-bond acceptors (Lipinski definition) is 6. The van der Waals surface area contributed by atoms with Crippen molar-refractivity contribution >= 4 is 15.7 Å². The van der Waals surface area contributed by atoms with Gasteiger partial charge < -0.3 is 15.0 Å². The van der Waals surface area contributed by atoms with Crippen LogP contribution < -0.4 is 5.32 Å². The van der Waals surface area contributed by atoms with E-state index in [0.29, 0.717) is 42.3 Å². The lowest BCUT2D eigenvalue weighted by Gasteiger charge is -2.26. The molecule has 0 saturated carbocycles. The van der Waals surface area contributed by atoms with Gasteiger partial charge in [-0.15, -0.1) is 0 Å². The van der Waals surface area contributed by atoms with Gasteiger partial charge in [-0.05, 0) is 38.4 Å². The standard InChI is InChI=1S/C21H26N4O4S/c26-21(24-10-12-29-13-11-24)19-17-14-30(27,28)18-6-2-1-5-16(18)20(17)25(23-19)15-4-3-8-22-9-7-15/h1-2,5-6,15,22H,3-4,7-14H2. The van der Waals surface area contributed by atoms with E-state index in [9.17, 15) is 13.2 Å². The molecule has 1 aromatic heterocycles. The molecular formula is C21H26N4O4S. The topological polar surface area (TPSA) is 93.5 Å². The summed E-state index contributed by atoms with van der Waals surface area (Å²) in [6.45, 7) is 3.82. The Bertz CT molecular complexity index is 1060. The van der Waals surface area contributed by atoms with Gasteiger partial charge in [0.15, 0.2) is 15.5 Å². The Labute approximate surface area is 176 Å². The molecule has 2 fully saturated rings. The zero-order chi connectivity index (χ0) is 20.7. The summed E-state index contributed by atoms with van der Waals surface area (Å²) in [5, 5.41) is 8.20. The van der Waals surface area contributed by atoms with E-state index in [1.54, 1.807) is 17.0 Å². The number of amides is 1. The van der Waals surface area contributed by atoms with E-state index in [2.05, 4.69) is 5.32 Å². The Balaban J connectivity index is 1.68. The second-order valence-corrected chi connectivity index (χ2v) is 10.1. The van der Waals surface area contributed by atoms with Gasteiger partial charge >= 0.3 is 0 Å². The minimum Gasteiger partial charge on any atom is -0.378 e. The van der Waals surface area contributed by atoms with Gasteiger partial charge in [-0.25, -0.2) is 8.42 Å². The minimum atomic E-state index is -3.53. The summed E-state index contributed by atoms with van der Waals surface area (Å²) in [5.74, 6) is -0.384. The van der Waals surface area contributed by atoms with Crippen LogP contribution in [0.3, 0.4) is 0 Å². The first-order valence-corrected chi connectivity index (χ1v) is 12.2. The molecule has 1 N–H and O–H groups in total. The highest BCUT2D eigenvalue weighted by Gasteiger charge is 2.38. The van der Waals surface area contributed by atoms with Crippen molar-refractivity contribution < 1.29 is 17.9 Å². The Morgan fingerprint density at radius 2 is 1.93 bits per heavy atom. The predicted octanol–water partition coefficient (Wildman–Crippen LogP) is 1.62. The predicted molar refractivity (Wildman–Crippen MR) is 111 cm³/mol. The number of carbonyl (C=O) groups is 1. The smallest absolute Gasteiger partial charge is 0.274 e. The summed E-state index contributed by atoms with van der Waals surface area (Å²) in [4.78, 5) is 15.4. The molecule has 1 unspecified atom stereocenters. The van der Waals surface area contributed by atoms with Gasteiger partial charge in [0.25, 0.3) is 5.91 Å². The van der Waals surface area contributed by atoms with E-state index in [1.807, 2.05) is 16.8 Å². The number of rotatable bonds is 2. The third-order valence-electron chi connectivity index (χ3n) is 6.21. The number of carbonyl (C=O) groups excluding carboxylic acids is 1. The van der Waals surface area contributed by atoms with Gasteiger partial charge in [-0.2, -0.15) is 5.10 Å². The lowest BCUT2D eigenvalue weighted by atomic mass is 10.0. The highest BCUT2D eigenvalue weighted by Crippen LogP contribution is 2.41. The average Bonchev–Trinajstić information content (AvgIpc) is 2.94. The van der Waals surface area contributed by atoms with Gasteiger partial charge in [-0.1, -0.05) is 18.2 Å². The molecular weight excluding hydrogens is 404 g/mol. The summed E-state index contributed by atoms with van der Waals surface area (Å²) < 4.78 is 33.4. The Hall–Kier alpha value is -2.23. The Kier molecular flexibility index (Phi) is 5.12. The van der Waals surface area contributed by atoms with Crippen LogP contribution in [0.1, 0.15) is 41.4 Å². The molecule has 3 aliphatic rings. The summed E-state index contributed by atoms with van der Waals surface area (Å²) in [6, 6.07) is 7.22. The van der Waals surface area contributed by atoms with Crippen LogP contribution in [-0.4, -0.2) is 68.4 Å². The Morgan fingerprint density at radius 1 is 1.13 bits per heavy atom. The molecule has 0 aliphatic carbocycles. The quantitative estimate of drug-likeness (QED) is 0.778. The van der Waals surface area contributed by atoms with Crippen molar-refractivity contribution in [1.82, 2.24) is 20.0 Å². The molecule has 0 radical (unpaired) electrons. The number of hydrogen-bond donors (Lipinski definition) is 1. The summed E-state index contributed by atoms with van der Waals surface area (Å²) in [6.07, 6.45) is 2.86. The molecule has 160 valence electrons. The number of fused-ring (bicyclic) bond motifs is 3. The minimum absolute atomic E-state index is 0.133. The molecule has 9 heteroatoms. The van der Waals surface area contributed by atoms with E-state index in [4.69, 9.17) is 9.84 Å². The van der Waals surface area contributed by atoms with Crippen molar-refractivity contribution in [1.29, 1.82) is 0 Å². The van der Waals surface area contributed by atoms with Crippen LogP contribution in [0.5, 0.6) is 0 Å². The number of aromatic nitrogens is 2. The highest BCUT2D eigenvalue weighted by atomic mass is 32.2. The fourth-order valence-corrected chi connectivity index (χ4v) is 6.28. The number of nitrogens with one attached hydrogen (secondary N) is 1. The van der Waals surface area contributed by atoms with Crippen LogP contribution >= 0.6 is 0 Å². The monoisotopic (exact) mass is 430 g/mol. The molecule has 4 heterocycles. The molecule has 1 amide bonds. The Morgan fingerprint density at radius 3 is 2.77 bits per heavy atom. The van der Waals surface area contributed by atoms with Gasteiger partial charge in [0.2, 0.25) is 0 Å². The molecule has 1 atom stereocenters. The molecule has 8 nitrogen and oxygen atoms in total. The van der Waals surface area contributed by atoms with E-state index in [1.165, 1.54) is 0 Å². The van der Waals surface area contributed by atoms with Crippen LogP contribution in [0, 0.1) is 0 Å². The van der Waals surface area contributed by atoms with Crippen molar-refractivity contribution in [3.8, 4) is 11.3 Å². The molecule has 5 rings (SSSR count). The summed E-state index contributed by atoms with van der Waals surface area (Å²) in [7, 11) is -3.53. The third-order valence-corrected chi connectivity index (χ3v) is 7.91. The van der Waals surface area contributed by atoms with Gasteiger partial charge in [0.05, 0.1) is 35.6 Å². The van der Waals surface area contributed by atoms with Crippen LogP contribution in [0.2, 0.25) is 0 Å². The van der Waals surface area contributed by atoms with Crippen molar-refractivity contribution in [2.24, 2.45) is 0 Å². The number of benzene rings is 1. The first kappa shape index (κ1) is 19.7. The summed E-state index contributed by atoms with van der Waals surface area (Å²) >= 11 is 0. The van der Waals surface area contributed by atoms with Crippen LogP contribution in [0.15, 0.2) is 29.2 Å². The molecule has 2 aromatic rings. The number of sulfone groups is 1. The third kappa shape index (κ3) is 3.34. The van der Waals surface area contributed by atoms with E-state index in [0.717, 1.165) is 38.0 Å². The largest absolute Gasteiger partial charge is 0.378 e. The first-order chi connectivity index (χ1) is 14.6. The number of ether oxygens (including phenoxy) is 1. The average molecular weight is 431 g/mol. The summed E-state index contributed by atoms with van der Waals surface area (Å²) in [5.41, 5.74) is 2.28. The van der Waals surface area contributed by atoms with Crippen molar-refractivity contribution in [3.05, 3.63) is 35.5 Å². The van der Waals surface area contributed by atoms with Gasteiger partial charge in [-0.3, -0.25) is 9.48 Å². The maximum absolute atomic E-state index is 13.3. The van der Waals surface area contributed by atoms with Crippen molar-refractivity contribution in [2.45, 2.75) is 36.0 Å². The van der Waals surface area contributed by atoms with E-state index in [-0.39, 0.29) is 23.4 Å². The first-order valence-electron chi connectivity index (χ1n) is 10.6. The molecule has 0 bridgehead atoms. The van der Waals surface area contributed by atoms with Crippen LogP contribution in [-0.2, 0) is 20.3 Å². The number of nitrogens with zero attached hydrogens (tertiary/aromatic N) is 3. The highest BCUT2D eigenvalue weighted by molar-refractivity contribution is 7.90. The van der Waals surface area contributed by atoms with Crippen LogP contribution in [0.4, 0.5) is 0 Å². The second-order valence-electron chi connectivity index (χ2n) is 8.11. The normalized spacial score (nSPS) is 23.3. The van der Waals surface area contributed by atoms with Crippen LogP contribution in [0.25, 0.3) is 11.3 Å². The molecule has 0 spiro atoms. The van der Waals surface area contributed by atoms with E-state index >= 15 is 0 Å². The lowest BCUT2D eigenvalue weighted by Crippen LogP contribution is -2.41. The molecule has 3 aliphatic heterocycles. The van der Waals surface area contributed by atoms with E-state index < -0.39 is 9.84 Å². The lowest BCUT2D eigenvalue weighted by molar-refractivity contribution is 0.0297. The zero-order valence-electron chi connectivity index (χ0n) is 16.8. The number of morpholine rings is 1.